The Morgan fingerprint density at radius 2 is 1.62 bits per heavy atom. The second-order valence-corrected chi connectivity index (χ2v) is 3.33. The lowest BCUT2D eigenvalue weighted by atomic mass is 10.1. The molecule has 2 atom stereocenters. The summed E-state index contributed by atoms with van der Waals surface area (Å²) in [5.74, 6) is -0.392. The third-order valence-corrected chi connectivity index (χ3v) is 2.48. The lowest BCUT2D eigenvalue weighted by molar-refractivity contribution is -0.133. The molecule has 2 N–H and O–H groups in total. The van der Waals surface area contributed by atoms with E-state index in [2.05, 4.69) is 10.6 Å². The van der Waals surface area contributed by atoms with Gasteiger partial charge in [0.25, 0.3) is 5.91 Å². The van der Waals surface area contributed by atoms with Gasteiger partial charge in [-0.05, 0) is 0 Å². The van der Waals surface area contributed by atoms with Crippen molar-refractivity contribution in [1.29, 1.82) is 0 Å². The molecule has 0 bridgehead atoms. The summed E-state index contributed by atoms with van der Waals surface area (Å²) in [6, 6.07) is -1.52. The van der Waals surface area contributed by atoms with Gasteiger partial charge in [-0.2, -0.15) is 0 Å². The van der Waals surface area contributed by atoms with Gasteiger partial charge in [-0.3, -0.25) is 9.69 Å². The third-order valence-electron chi connectivity index (χ3n) is 2.48. The van der Waals surface area contributed by atoms with Crippen LogP contribution in [0, 0.1) is 0 Å². The fourth-order valence-corrected chi connectivity index (χ4v) is 1.66. The summed E-state index contributed by atoms with van der Waals surface area (Å²) < 4.78 is 0. The van der Waals surface area contributed by atoms with Gasteiger partial charge in [0.2, 0.25) is 0 Å². The monoisotopic (exact) mass is 228 g/mol. The zero-order chi connectivity index (χ0) is 12.5. The number of hydrogen-bond acceptors (Lipinski definition) is 3. The van der Waals surface area contributed by atoms with Gasteiger partial charge in [0.15, 0.2) is 0 Å². The Morgan fingerprint density at radius 1 is 1.06 bits per heavy atom. The standard InChI is InChI=1S/C7H10N4O3.C2H6/c1-10-4-3(8-6(13)9-4)5(12)11(2)7(10)14;1-2/h3-4H,1-2H3,(H2,8,9,13);1-2H3. The molecule has 5 amide bonds. The van der Waals surface area contributed by atoms with E-state index in [0.29, 0.717) is 0 Å². The van der Waals surface area contributed by atoms with Gasteiger partial charge in [0.05, 0.1) is 0 Å². The summed E-state index contributed by atoms with van der Waals surface area (Å²) in [5.41, 5.74) is 0. The SMILES string of the molecule is CC.CN1C(=O)C2NC(=O)NC2N(C)C1=O. The molecule has 7 nitrogen and oxygen atoms in total. The van der Waals surface area contributed by atoms with E-state index in [1.54, 1.807) is 0 Å². The molecule has 2 aliphatic rings. The number of carbonyl (C=O) groups is 3. The second kappa shape index (κ2) is 4.38. The highest BCUT2D eigenvalue weighted by Crippen LogP contribution is 2.16. The van der Waals surface area contributed by atoms with E-state index >= 15 is 0 Å². The molecule has 90 valence electrons. The van der Waals surface area contributed by atoms with E-state index in [0.717, 1.165) is 4.90 Å². The number of nitrogens with one attached hydrogen (secondary N) is 2. The van der Waals surface area contributed by atoms with Crippen LogP contribution in [0.1, 0.15) is 13.8 Å². The number of imide groups is 1. The number of carbonyl (C=O) groups excluding carboxylic acids is 3. The van der Waals surface area contributed by atoms with Crippen LogP contribution in [0.15, 0.2) is 0 Å². The van der Waals surface area contributed by atoms with Crippen LogP contribution in [0.3, 0.4) is 0 Å². The molecule has 7 heteroatoms. The van der Waals surface area contributed by atoms with E-state index < -0.39 is 30.2 Å². The first-order chi connectivity index (χ1) is 7.52. The smallest absolute Gasteiger partial charge is 0.323 e. The number of nitrogens with zero attached hydrogens (tertiary/aromatic N) is 2. The Labute approximate surface area is 93.8 Å². The molecular formula is C9H16N4O3. The molecular weight excluding hydrogens is 212 g/mol. The molecule has 16 heavy (non-hydrogen) atoms. The maximum absolute atomic E-state index is 11.5. The van der Waals surface area contributed by atoms with Crippen LogP contribution >= 0.6 is 0 Å². The predicted octanol–water partition coefficient (Wildman–Crippen LogP) is -0.456. The average Bonchev–Trinajstić information content (AvgIpc) is 2.68. The Hall–Kier alpha value is -1.79. The van der Waals surface area contributed by atoms with Crippen molar-refractivity contribution in [2.24, 2.45) is 0 Å². The summed E-state index contributed by atoms with van der Waals surface area (Å²) in [4.78, 5) is 36.3. The summed E-state index contributed by atoms with van der Waals surface area (Å²) >= 11 is 0. The first-order valence-electron chi connectivity index (χ1n) is 5.14. The van der Waals surface area contributed by atoms with Crippen molar-refractivity contribution in [2.45, 2.75) is 26.1 Å². The molecule has 2 rings (SSSR count). The maximum Gasteiger partial charge on any atom is 0.327 e. The van der Waals surface area contributed by atoms with Crippen LogP contribution in [0.25, 0.3) is 0 Å². The Morgan fingerprint density at radius 3 is 2.19 bits per heavy atom. The van der Waals surface area contributed by atoms with Gasteiger partial charge in [-0.15, -0.1) is 0 Å². The maximum atomic E-state index is 11.5. The topological polar surface area (TPSA) is 81.8 Å². The summed E-state index contributed by atoms with van der Waals surface area (Å²) in [6.45, 7) is 4.00. The minimum Gasteiger partial charge on any atom is -0.323 e. The quantitative estimate of drug-likeness (QED) is 0.589. The number of likely N-dealkylation sites (N-methyl/N-ethyl adjacent to an activating group) is 2. The van der Waals surface area contributed by atoms with Crippen LogP contribution in [-0.4, -0.2) is 54.1 Å². The Bertz CT molecular complexity index is 331. The molecule has 0 aliphatic carbocycles. The lowest BCUT2D eigenvalue weighted by Gasteiger charge is -2.36. The van der Waals surface area contributed by atoms with Gasteiger partial charge in [-0.25, -0.2) is 9.59 Å². The Kier molecular flexibility index (Phi) is 3.36. The van der Waals surface area contributed by atoms with Gasteiger partial charge in [0, 0.05) is 14.1 Å². The predicted molar refractivity (Wildman–Crippen MR) is 56.5 cm³/mol. The zero-order valence-corrected chi connectivity index (χ0v) is 9.77. The van der Waals surface area contributed by atoms with Gasteiger partial charge in [-0.1, -0.05) is 13.8 Å². The van der Waals surface area contributed by atoms with E-state index in [-0.39, 0.29) is 0 Å². The highest BCUT2D eigenvalue weighted by molar-refractivity contribution is 6.03. The molecule has 2 unspecified atom stereocenters. The highest BCUT2D eigenvalue weighted by Gasteiger charge is 2.48. The summed E-state index contributed by atoms with van der Waals surface area (Å²) in [7, 11) is 2.93. The molecule has 2 aliphatic heterocycles. The van der Waals surface area contributed by atoms with E-state index in [9.17, 15) is 14.4 Å². The van der Waals surface area contributed by atoms with Crippen molar-refractivity contribution >= 4 is 18.0 Å². The van der Waals surface area contributed by atoms with Gasteiger partial charge >= 0.3 is 12.1 Å². The van der Waals surface area contributed by atoms with E-state index in [1.165, 1.54) is 19.0 Å². The number of amides is 5. The minimum absolute atomic E-state index is 0.392. The summed E-state index contributed by atoms with van der Waals surface area (Å²) in [5, 5.41) is 4.95. The van der Waals surface area contributed by atoms with Crippen molar-refractivity contribution in [1.82, 2.24) is 20.4 Å². The first kappa shape index (κ1) is 12.3. The van der Waals surface area contributed by atoms with Crippen molar-refractivity contribution in [3.8, 4) is 0 Å². The number of rotatable bonds is 0. The normalized spacial score (nSPS) is 27.9. The third kappa shape index (κ3) is 1.68. The largest absolute Gasteiger partial charge is 0.327 e. The van der Waals surface area contributed by atoms with Crippen LogP contribution in [-0.2, 0) is 4.79 Å². The molecule has 2 heterocycles. The fourth-order valence-electron chi connectivity index (χ4n) is 1.66. The van der Waals surface area contributed by atoms with Gasteiger partial charge < -0.3 is 15.5 Å². The van der Waals surface area contributed by atoms with Crippen molar-refractivity contribution < 1.29 is 14.4 Å². The Balaban J connectivity index is 0.000000606. The second-order valence-electron chi connectivity index (χ2n) is 3.33. The van der Waals surface area contributed by atoms with Crippen LogP contribution in [0.5, 0.6) is 0 Å². The zero-order valence-electron chi connectivity index (χ0n) is 9.77. The molecule has 0 aromatic heterocycles. The van der Waals surface area contributed by atoms with Crippen LogP contribution in [0.2, 0.25) is 0 Å². The number of urea groups is 2. The molecule has 0 aromatic rings. The number of hydrogen-bond donors (Lipinski definition) is 2. The van der Waals surface area contributed by atoms with E-state index in [1.807, 2.05) is 13.8 Å². The first-order valence-corrected chi connectivity index (χ1v) is 5.14. The lowest BCUT2D eigenvalue weighted by Crippen LogP contribution is -2.64. The van der Waals surface area contributed by atoms with Crippen molar-refractivity contribution in [3.63, 3.8) is 0 Å². The molecule has 0 saturated carbocycles. The van der Waals surface area contributed by atoms with Gasteiger partial charge in [0.1, 0.15) is 12.2 Å². The average molecular weight is 228 g/mol. The van der Waals surface area contributed by atoms with Crippen LogP contribution < -0.4 is 10.6 Å². The van der Waals surface area contributed by atoms with Crippen molar-refractivity contribution in [2.75, 3.05) is 14.1 Å². The van der Waals surface area contributed by atoms with E-state index in [4.69, 9.17) is 0 Å². The molecule has 2 saturated heterocycles. The highest BCUT2D eigenvalue weighted by atomic mass is 16.2. The molecule has 0 aromatic carbocycles. The minimum atomic E-state index is -0.671. The summed E-state index contributed by atoms with van der Waals surface area (Å²) in [6.07, 6.45) is -0.571. The molecule has 0 spiro atoms. The van der Waals surface area contributed by atoms with Crippen LogP contribution in [0.4, 0.5) is 9.59 Å². The van der Waals surface area contributed by atoms with Crippen molar-refractivity contribution in [3.05, 3.63) is 0 Å². The molecule has 0 radical (unpaired) electrons. The number of fused-ring (bicyclic) bond motifs is 1. The molecule has 2 fully saturated rings. The fraction of sp³-hybridized carbons (Fsp3) is 0.667.